The van der Waals surface area contributed by atoms with Crippen LogP contribution in [0.2, 0.25) is 0 Å². The second-order valence-electron chi connectivity index (χ2n) is 3.84. The van der Waals surface area contributed by atoms with E-state index in [0.29, 0.717) is 0 Å². The lowest BCUT2D eigenvalue weighted by Gasteiger charge is -2.18. The first-order chi connectivity index (χ1) is 7.31. The zero-order valence-corrected chi connectivity index (χ0v) is 9.84. The molecule has 1 aromatic carbocycles. The van der Waals surface area contributed by atoms with Crippen molar-refractivity contribution in [2.45, 2.75) is 25.0 Å². The number of aliphatic hydroxyl groups is 1. The van der Waals surface area contributed by atoms with Crippen LogP contribution in [0, 0.1) is 0 Å². The summed E-state index contributed by atoms with van der Waals surface area (Å²) in [5, 5.41) is 8.99. The van der Waals surface area contributed by atoms with E-state index < -0.39 is 0 Å². The van der Waals surface area contributed by atoms with Gasteiger partial charge in [-0.1, -0.05) is 24.3 Å². The molecule has 0 aromatic heterocycles. The van der Waals surface area contributed by atoms with Gasteiger partial charge in [0.1, 0.15) is 0 Å². The summed E-state index contributed by atoms with van der Waals surface area (Å²) < 4.78 is 0. The van der Waals surface area contributed by atoms with Crippen LogP contribution in [-0.4, -0.2) is 23.2 Å². The number of fused-ring (bicyclic) bond motifs is 1. The molecule has 2 nitrogen and oxygen atoms in total. The van der Waals surface area contributed by atoms with E-state index in [4.69, 9.17) is 5.11 Å². The molecule has 0 bridgehead atoms. The average Bonchev–Trinajstić information content (AvgIpc) is 2.29. The summed E-state index contributed by atoms with van der Waals surface area (Å²) >= 11 is 0. The minimum atomic E-state index is -0.0637. The summed E-state index contributed by atoms with van der Waals surface area (Å²) in [7, 11) is 2.56. The summed E-state index contributed by atoms with van der Waals surface area (Å²) in [5.41, 5.74) is 3.80. The van der Waals surface area contributed by atoms with Gasteiger partial charge in [0, 0.05) is 5.71 Å². The third-order valence-corrected chi connectivity index (χ3v) is 3.06. The minimum absolute atomic E-state index is 0.0637. The van der Waals surface area contributed by atoms with Gasteiger partial charge in [-0.3, -0.25) is 4.99 Å². The molecular weight excluding hydrogens is 205 g/mol. The van der Waals surface area contributed by atoms with Crippen LogP contribution in [0.5, 0.6) is 0 Å². The Morgan fingerprint density at radius 1 is 1.33 bits per heavy atom. The van der Waals surface area contributed by atoms with E-state index in [1.54, 1.807) is 0 Å². The molecule has 0 fully saturated rings. The van der Waals surface area contributed by atoms with Gasteiger partial charge in [0.05, 0.1) is 12.4 Å². The van der Waals surface area contributed by atoms with Crippen LogP contribution in [0.3, 0.4) is 0 Å². The Labute approximate surface area is 92.6 Å². The minimum Gasteiger partial charge on any atom is -0.394 e. The molecule has 15 heavy (non-hydrogen) atoms. The van der Waals surface area contributed by atoms with Crippen molar-refractivity contribution in [3.63, 3.8) is 0 Å². The van der Waals surface area contributed by atoms with Gasteiger partial charge >= 0.3 is 0 Å². The molecule has 80 valence electrons. The number of nitrogens with zero attached hydrogens (tertiary/aromatic N) is 1. The smallest absolute Gasteiger partial charge is 0.0868 e. The molecule has 3 heteroatoms. The number of aliphatic imine (C=N–C) groups is 1. The zero-order chi connectivity index (χ0) is 10.7. The lowest BCUT2D eigenvalue weighted by Crippen LogP contribution is -2.14. The molecule has 0 amide bonds. The van der Waals surface area contributed by atoms with Crippen molar-refractivity contribution in [1.82, 2.24) is 0 Å². The van der Waals surface area contributed by atoms with Gasteiger partial charge in [0.15, 0.2) is 0 Å². The standard InChI is InChI=1S/C12H16NOP/c14-8-12(15)13-11-7-3-5-9-4-1-2-6-10(9)11/h1-2,4,6,12,14H,3,5,7-8,15H2/t12-/m1/s1. The van der Waals surface area contributed by atoms with Crippen LogP contribution in [-0.2, 0) is 6.42 Å². The lowest BCUT2D eigenvalue weighted by molar-refractivity contribution is 0.297. The van der Waals surface area contributed by atoms with E-state index in [1.807, 2.05) is 0 Å². The molecule has 0 aliphatic heterocycles. The van der Waals surface area contributed by atoms with E-state index >= 15 is 0 Å². The van der Waals surface area contributed by atoms with Crippen molar-refractivity contribution in [2.24, 2.45) is 4.99 Å². The summed E-state index contributed by atoms with van der Waals surface area (Å²) in [4.78, 5) is 4.53. The van der Waals surface area contributed by atoms with Crippen molar-refractivity contribution < 1.29 is 5.11 Å². The highest BCUT2D eigenvalue weighted by Crippen LogP contribution is 2.22. The predicted molar refractivity (Wildman–Crippen MR) is 66.5 cm³/mol. The maximum absolute atomic E-state index is 8.99. The molecule has 0 spiro atoms. The third kappa shape index (κ3) is 2.45. The fourth-order valence-corrected chi connectivity index (χ4v) is 2.16. The van der Waals surface area contributed by atoms with E-state index in [2.05, 4.69) is 38.5 Å². The Morgan fingerprint density at radius 2 is 2.13 bits per heavy atom. The van der Waals surface area contributed by atoms with Gasteiger partial charge in [0.25, 0.3) is 0 Å². The Morgan fingerprint density at radius 3 is 2.93 bits per heavy atom. The molecule has 1 unspecified atom stereocenters. The number of benzene rings is 1. The predicted octanol–water partition coefficient (Wildman–Crippen LogP) is 2.01. The van der Waals surface area contributed by atoms with E-state index in [1.165, 1.54) is 17.5 Å². The molecule has 1 aliphatic carbocycles. The number of hydrogen-bond acceptors (Lipinski definition) is 2. The monoisotopic (exact) mass is 221 g/mol. The maximum Gasteiger partial charge on any atom is 0.0868 e. The highest BCUT2D eigenvalue weighted by atomic mass is 31.0. The third-order valence-electron chi connectivity index (χ3n) is 2.70. The van der Waals surface area contributed by atoms with Crippen LogP contribution in [0.15, 0.2) is 29.3 Å². The molecule has 1 N–H and O–H groups in total. The molecule has 2 atom stereocenters. The second-order valence-corrected chi connectivity index (χ2v) is 4.61. The fourth-order valence-electron chi connectivity index (χ4n) is 1.98. The molecule has 1 aromatic rings. The summed E-state index contributed by atoms with van der Waals surface area (Å²) in [6.07, 6.45) is 3.34. The van der Waals surface area contributed by atoms with E-state index in [9.17, 15) is 0 Å². The molecule has 2 rings (SSSR count). The van der Waals surface area contributed by atoms with Gasteiger partial charge in [-0.15, -0.1) is 9.24 Å². The van der Waals surface area contributed by atoms with Gasteiger partial charge < -0.3 is 5.11 Å². The SMILES string of the molecule is OC[C@@H](P)N=C1CCCc2ccccc21. The molecule has 0 radical (unpaired) electrons. The van der Waals surface area contributed by atoms with Gasteiger partial charge in [0.2, 0.25) is 0 Å². The van der Waals surface area contributed by atoms with Crippen molar-refractivity contribution in [3.8, 4) is 0 Å². The molecule has 0 saturated carbocycles. The Bertz CT molecular complexity index is 376. The van der Waals surface area contributed by atoms with Crippen molar-refractivity contribution in [1.29, 1.82) is 0 Å². The molecule has 1 aliphatic rings. The second kappa shape index (κ2) is 4.87. The average molecular weight is 221 g/mol. The van der Waals surface area contributed by atoms with Crippen LogP contribution < -0.4 is 0 Å². The largest absolute Gasteiger partial charge is 0.394 e. The first-order valence-electron chi connectivity index (χ1n) is 5.32. The van der Waals surface area contributed by atoms with Gasteiger partial charge in [-0.25, -0.2) is 0 Å². The first kappa shape index (κ1) is 10.8. The number of aliphatic hydroxyl groups excluding tert-OH is 1. The van der Waals surface area contributed by atoms with Gasteiger partial charge in [-0.2, -0.15) is 0 Å². The highest BCUT2D eigenvalue weighted by Gasteiger charge is 2.14. The highest BCUT2D eigenvalue weighted by molar-refractivity contribution is 7.17. The molecule has 0 heterocycles. The van der Waals surface area contributed by atoms with E-state index in [-0.39, 0.29) is 12.4 Å². The first-order valence-corrected chi connectivity index (χ1v) is 5.99. The summed E-state index contributed by atoms with van der Waals surface area (Å²) in [6, 6.07) is 8.42. The normalized spacial score (nSPS) is 20.0. The molecular formula is C12H16NOP. The van der Waals surface area contributed by atoms with Crippen LogP contribution >= 0.6 is 9.24 Å². The van der Waals surface area contributed by atoms with Crippen molar-refractivity contribution >= 4 is 15.0 Å². The maximum atomic E-state index is 8.99. The quantitative estimate of drug-likeness (QED) is 0.761. The van der Waals surface area contributed by atoms with Gasteiger partial charge in [-0.05, 0) is 30.4 Å². The van der Waals surface area contributed by atoms with E-state index in [0.717, 1.165) is 18.6 Å². The lowest BCUT2D eigenvalue weighted by atomic mass is 9.90. The van der Waals surface area contributed by atoms with Crippen LogP contribution in [0.25, 0.3) is 0 Å². The zero-order valence-electron chi connectivity index (χ0n) is 8.69. The molecule has 0 saturated heterocycles. The Balaban J connectivity index is 2.33. The Kier molecular flexibility index (Phi) is 3.50. The fraction of sp³-hybridized carbons (Fsp3) is 0.417. The van der Waals surface area contributed by atoms with Crippen molar-refractivity contribution in [2.75, 3.05) is 6.61 Å². The number of aryl methyl sites for hydroxylation is 1. The summed E-state index contributed by atoms with van der Waals surface area (Å²) in [6.45, 7) is 0.0936. The number of rotatable bonds is 2. The van der Waals surface area contributed by atoms with Crippen LogP contribution in [0.4, 0.5) is 0 Å². The number of hydrogen-bond donors (Lipinski definition) is 1. The summed E-state index contributed by atoms with van der Waals surface area (Å²) in [5.74, 6) is -0.0637. The Hall–Kier alpha value is -0.720. The van der Waals surface area contributed by atoms with Crippen molar-refractivity contribution in [3.05, 3.63) is 35.4 Å². The topological polar surface area (TPSA) is 32.6 Å². The van der Waals surface area contributed by atoms with Crippen LogP contribution in [0.1, 0.15) is 24.0 Å².